The first-order valence-electron chi connectivity index (χ1n) is 7.65. The van der Waals surface area contributed by atoms with E-state index in [1.165, 1.54) is 7.11 Å². The lowest BCUT2D eigenvalue weighted by Crippen LogP contribution is -2.31. The van der Waals surface area contributed by atoms with Crippen LogP contribution >= 0.6 is 11.6 Å². The SMILES string of the molecule is COC(=O)c1ccc(CNC(=O)COn2nnc3ccc(Cl)cc32)cc1. The molecule has 1 amide bonds. The lowest BCUT2D eigenvalue weighted by molar-refractivity contribution is -0.126. The second-order valence-electron chi connectivity index (χ2n) is 5.33. The Morgan fingerprint density at radius 3 is 2.69 bits per heavy atom. The van der Waals surface area contributed by atoms with Gasteiger partial charge in [-0.2, -0.15) is 0 Å². The first-order valence-corrected chi connectivity index (χ1v) is 8.03. The summed E-state index contributed by atoms with van der Waals surface area (Å²) in [6, 6.07) is 11.8. The van der Waals surface area contributed by atoms with Crippen LogP contribution in [0.5, 0.6) is 0 Å². The summed E-state index contributed by atoms with van der Waals surface area (Å²) in [5.74, 6) is -0.734. The highest BCUT2D eigenvalue weighted by Gasteiger charge is 2.09. The van der Waals surface area contributed by atoms with Crippen LogP contribution in [0.4, 0.5) is 0 Å². The average Bonchev–Trinajstić information content (AvgIpc) is 3.06. The Hall–Kier alpha value is -3.13. The van der Waals surface area contributed by atoms with Crippen LogP contribution in [-0.2, 0) is 16.1 Å². The van der Waals surface area contributed by atoms with Gasteiger partial charge in [-0.05, 0) is 41.1 Å². The molecule has 0 atom stereocenters. The van der Waals surface area contributed by atoms with E-state index in [0.29, 0.717) is 28.2 Å². The molecule has 0 aliphatic heterocycles. The molecule has 0 radical (unpaired) electrons. The number of ether oxygens (including phenoxy) is 1. The van der Waals surface area contributed by atoms with E-state index in [9.17, 15) is 9.59 Å². The molecule has 0 unspecified atom stereocenters. The van der Waals surface area contributed by atoms with Crippen molar-refractivity contribution < 1.29 is 19.2 Å². The predicted molar refractivity (Wildman–Crippen MR) is 93.6 cm³/mol. The molecule has 0 aliphatic rings. The lowest BCUT2D eigenvalue weighted by atomic mass is 10.1. The Morgan fingerprint density at radius 2 is 1.96 bits per heavy atom. The van der Waals surface area contributed by atoms with Crippen LogP contribution in [-0.4, -0.2) is 40.8 Å². The van der Waals surface area contributed by atoms with Crippen molar-refractivity contribution in [1.29, 1.82) is 0 Å². The van der Waals surface area contributed by atoms with Gasteiger partial charge in [0, 0.05) is 11.6 Å². The number of halogens is 1. The number of fused-ring (bicyclic) bond motifs is 1. The van der Waals surface area contributed by atoms with Crippen molar-refractivity contribution in [3.05, 3.63) is 58.6 Å². The lowest BCUT2D eigenvalue weighted by Gasteiger charge is -2.07. The molecule has 2 aromatic carbocycles. The van der Waals surface area contributed by atoms with E-state index in [1.54, 1.807) is 42.5 Å². The summed E-state index contributed by atoms with van der Waals surface area (Å²) in [4.78, 5) is 29.8. The zero-order valence-electron chi connectivity index (χ0n) is 13.8. The summed E-state index contributed by atoms with van der Waals surface area (Å²) in [6.45, 7) is 0.0683. The molecule has 0 bridgehead atoms. The molecule has 26 heavy (non-hydrogen) atoms. The van der Waals surface area contributed by atoms with Crippen LogP contribution in [0.15, 0.2) is 42.5 Å². The van der Waals surface area contributed by atoms with Crippen molar-refractivity contribution in [2.45, 2.75) is 6.54 Å². The van der Waals surface area contributed by atoms with E-state index < -0.39 is 5.97 Å². The smallest absolute Gasteiger partial charge is 0.337 e. The van der Waals surface area contributed by atoms with Crippen molar-refractivity contribution in [2.75, 3.05) is 13.7 Å². The van der Waals surface area contributed by atoms with E-state index >= 15 is 0 Å². The Balaban J connectivity index is 1.52. The molecule has 1 heterocycles. The summed E-state index contributed by atoms with van der Waals surface area (Å²) in [7, 11) is 1.32. The number of aromatic nitrogens is 3. The minimum Gasteiger partial charge on any atom is -0.465 e. The number of carbonyl (C=O) groups is 2. The van der Waals surface area contributed by atoms with Gasteiger partial charge in [-0.3, -0.25) is 4.79 Å². The van der Waals surface area contributed by atoms with Crippen molar-refractivity contribution in [3.8, 4) is 0 Å². The van der Waals surface area contributed by atoms with Gasteiger partial charge in [-0.25, -0.2) is 4.79 Å². The molecule has 0 saturated heterocycles. The molecule has 8 nitrogen and oxygen atoms in total. The highest BCUT2D eigenvalue weighted by Crippen LogP contribution is 2.16. The van der Waals surface area contributed by atoms with Gasteiger partial charge < -0.3 is 14.9 Å². The normalized spacial score (nSPS) is 10.5. The summed E-state index contributed by atoms with van der Waals surface area (Å²) in [6.07, 6.45) is 0. The number of methoxy groups -OCH3 is 1. The van der Waals surface area contributed by atoms with Crippen LogP contribution in [0.2, 0.25) is 5.02 Å². The fourth-order valence-corrected chi connectivity index (χ4v) is 2.38. The summed E-state index contributed by atoms with van der Waals surface area (Å²) in [5.41, 5.74) is 2.47. The fourth-order valence-electron chi connectivity index (χ4n) is 2.21. The third-order valence-corrected chi connectivity index (χ3v) is 3.79. The summed E-state index contributed by atoms with van der Waals surface area (Å²) in [5, 5.41) is 11.0. The molecule has 0 aliphatic carbocycles. The van der Waals surface area contributed by atoms with Crippen LogP contribution in [0.3, 0.4) is 0 Å². The van der Waals surface area contributed by atoms with Crippen LogP contribution < -0.4 is 10.2 Å². The Labute approximate surface area is 153 Å². The van der Waals surface area contributed by atoms with Gasteiger partial charge in [-0.1, -0.05) is 28.6 Å². The van der Waals surface area contributed by atoms with E-state index in [2.05, 4.69) is 20.4 Å². The Bertz CT molecular complexity index is 940. The molecule has 134 valence electrons. The van der Waals surface area contributed by atoms with Crippen molar-refractivity contribution in [1.82, 2.24) is 20.5 Å². The summed E-state index contributed by atoms with van der Waals surface area (Å²) < 4.78 is 4.63. The van der Waals surface area contributed by atoms with Crippen molar-refractivity contribution in [2.24, 2.45) is 0 Å². The van der Waals surface area contributed by atoms with Gasteiger partial charge in [0.1, 0.15) is 11.0 Å². The van der Waals surface area contributed by atoms with Gasteiger partial charge in [0.05, 0.1) is 12.7 Å². The molecule has 9 heteroatoms. The average molecular weight is 375 g/mol. The number of hydrogen-bond acceptors (Lipinski definition) is 6. The van der Waals surface area contributed by atoms with Gasteiger partial charge in [0.2, 0.25) is 0 Å². The Kier molecular flexibility index (Phi) is 5.33. The molecular formula is C17H15ClN4O4. The quantitative estimate of drug-likeness (QED) is 0.659. The number of benzene rings is 2. The second kappa shape index (κ2) is 7.83. The molecule has 3 aromatic rings. The zero-order valence-corrected chi connectivity index (χ0v) is 14.6. The highest BCUT2D eigenvalue weighted by atomic mass is 35.5. The second-order valence-corrected chi connectivity index (χ2v) is 5.77. The van der Waals surface area contributed by atoms with Crippen molar-refractivity contribution in [3.63, 3.8) is 0 Å². The molecular weight excluding hydrogens is 360 g/mol. The maximum absolute atomic E-state index is 11.9. The zero-order chi connectivity index (χ0) is 18.5. The van der Waals surface area contributed by atoms with E-state index in [0.717, 1.165) is 10.4 Å². The number of hydrogen-bond donors (Lipinski definition) is 1. The number of nitrogens with zero attached hydrogens (tertiary/aromatic N) is 3. The predicted octanol–water partition coefficient (Wildman–Crippen LogP) is 1.62. The molecule has 0 saturated carbocycles. The van der Waals surface area contributed by atoms with Crippen LogP contribution in [0.1, 0.15) is 15.9 Å². The molecule has 0 spiro atoms. The maximum atomic E-state index is 11.9. The highest BCUT2D eigenvalue weighted by molar-refractivity contribution is 6.31. The number of esters is 1. The summed E-state index contributed by atoms with van der Waals surface area (Å²) >= 11 is 5.94. The van der Waals surface area contributed by atoms with Gasteiger partial charge >= 0.3 is 5.97 Å². The van der Waals surface area contributed by atoms with Crippen molar-refractivity contribution >= 4 is 34.5 Å². The maximum Gasteiger partial charge on any atom is 0.337 e. The van der Waals surface area contributed by atoms with Gasteiger partial charge in [0.15, 0.2) is 6.61 Å². The largest absolute Gasteiger partial charge is 0.465 e. The number of amides is 1. The first kappa shape index (κ1) is 17.7. The monoisotopic (exact) mass is 374 g/mol. The van der Waals surface area contributed by atoms with E-state index in [1.807, 2.05) is 0 Å². The topological polar surface area (TPSA) is 95.3 Å². The number of rotatable bonds is 6. The Morgan fingerprint density at radius 1 is 1.19 bits per heavy atom. The molecule has 1 N–H and O–H groups in total. The fraction of sp³-hybridized carbons (Fsp3) is 0.176. The third kappa shape index (κ3) is 4.09. The number of carbonyl (C=O) groups excluding carboxylic acids is 2. The van der Waals surface area contributed by atoms with E-state index in [-0.39, 0.29) is 12.5 Å². The van der Waals surface area contributed by atoms with Crippen LogP contribution in [0, 0.1) is 0 Å². The molecule has 3 rings (SSSR count). The minimum atomic E-state index is -0.408. The number of nitrogens with one attached hydrogen (secondary N) is 1. The van der Waals surface area contributed by atoms with Gasteiger partial charge in [0.25, 0.3) is 5.91 Å². The third-order valence-electron chi connectivity index (χ3n) is 3.56. The first-order chi connectivity index (χ1) is 12.6. The molecule has 1 aromatic heterocycles. The van der Waals surface area contributed by atoms with E-state index in [4.69, 9.17) is 16.4 Å². The van der Waals surface area contributed by atoms with Gasteiger partial charge in [-0.15, -0.1) is 5.10 Å². The molecule has 0 fully saturated rings. The standard InChI is InChI=1S/C17H15ClN4O4/c1-25-17(24)12-4-2-11(3-5-12)9-19-16(23)10-26-22-15-8-13(18)6-7-14(15)20-21-22/h2-8H,9-10H2,1H3,(H,19,23). The minimum absolute atomic E-state index is 0.231. The van der Waals surface area contributed by atoms with Crippen LogP contribution in [0.25, 0.3) is 11.0 Å².